The maximum atomic E-state index is 13.0. The van der Waals surface area contributed by atoms with Gasteiger partial charge in [-0.2, -0.15) is 0 Å². The van der Waals surface area contributed by atoms with Crippen molar-refractivity contribution in [3.63, 3.8) is 0 Å². The van der Waals surface area contributed by atoms with Crippen molar-refractivity contribution >= 4 is 17.6 Å². The molecule has 180 valence electrons. The topological polar surface area (TPSA) is 77.8 Å². The van der Waals surface area contributed by atoms with Crippen LogP contribution < -0.4 is 10.2 Å². The van der Waals surface area contributed by atoms with Gasteiger partial charge in [-0.15, -0.1) is 0 Å². The van der Waals surface area contributed by atoms with Crippen LogP contribution in [0.3, 0.4) is 0 Å². The van der Waals surface area contributed by atoms with Crippen molar-refractivity contribution in [2.45, 2.75) is 40.3 Å². The zero-order valence-corrected chi connectivity index (χ0v) is 20.6. The van der Waals surface area contributed by atoms with Gasteiger partial charge in [0.2, 0.25) is 0 Å². The van der Waals surface area contributed by atoms with Crippen LogP contribution in [0.1, 0.15) is 48.3 Å². The summed E-state index contributed by atoms with van der Waals surface area (Å²) in [5, 5.41) is 10.7. The largest absolute Gasteiger partial charge is 0.488 e. The van der Waals surface area contributed by atoms with Crippen LogP contribution in [0.5, 0.6) is 5.75 Å². The molecule has 1 unspecified atom stereocenters. The molecule has 2 aromatic carbocycles. The molecule has 0 amide bonds. The molecule has 1 heterocycles. The molecule has 0 saturated carbocycles. The standard InChI is InChI=1S/C27H30ClNO5/c1-5-33-27(32)21-14-29(24(15-30)17(2)3)23(13-25(21)31)20-12-22(28)18(4)11-26(20)34-16-19-9-7-6-8-10-19/h6-14,17,24,30H,5,15-16H2,1-4H3. The van der Waals surface area contributed by atoms with Crippen molar-refractivity contribution in [3.05, 3.63) is 86.7 Å². The van der Waals surface area contributed by atoms with Gasteiger partial charge in [0.1, 0.15) is 17.9 Å². The van der Waals surface area contributed by atoms with E-state index in [0.717, 1.165) is 11.1 Å². The highest BCUT2D eigenvalue weighted by atomic mass is 35.5. The SMILES string of the molecule is CCOC(=O)c1cn(C(CO)C(C)C)c(-c2cc(Cl)c(C)cc2OCc2ccccc2)cc1=O. The summed E-state index contributed by atoms with van der Waals surface area (Å²) in [6.45, 7) is 7.77. The van der Waals surface area contributed by atoms with Gasteiger partial charge in [0, 0.05) is 22.8 Å². The molecule has 0 aliphatic carbocycles. The van der Waals surface area contributed by atoms with Gasteiger partial charge in [0.15, 0.2) is 5.43 Å². The first-order chi connectivity index (χ1) is 16.3. The molecular weight excluding hydrogens is 454 g/mol. The van der Waals surface area contributed by atoms with E-state index >= 15 is 0 Å². The summed E-state index contributed by atoms with van der Waals surface area (Å²) in [4.78, 5) is 25.4. The summed E-state index contributed by atoms with van der Waals surface area (Å²) in [6.07, 6.45) is 1.46. The molecule has 3 aromatic rings. The molecule has 1 aromatic heterocycles. The Morgan fingerprint density at radius 2 is 1.85 bits per heavy atom. The Bertz CT molecular complexity index is 1200. The number of ether oxygens (including phenoxy) is 2. The van der Waals surface area contributed by atoms with Crippen molar-refractivity contribution in [2.75, 3.05) is 13.2 Å². The number of halogens is 1. The number of carbonyl (C=O) groups is 1. The van der Waals surface area contributed by atoms with Gasteiger partial charge in [-0.25, -0.2) is 4.79 Å². The number of hydrogen-bond donors (Lipinski definition) is 1. The monoisotopic (exact) mass is 483 g/mol. The quantitative estimate of drug-likeness (QED) is 0.411. The minimum Gasteiger partial charge on any atom is -0.488 e. The lowest BCUT2D eigenvalue weighted by atomic mass is 10.0. The molecule has 0 saturated heterocycles. The number of hydrogen-bond acceptors (Lipinski definition) is 5. The van der Waals surface area contributed by atoms with Crippen LogP contribution in [0.25, 0.3) is 11.3 Å². The number of nitrogens with zero attached hydrogens (tertiary/aromatic N) is 1. The molecule has 1 N–H and O–H groups in total. The van der Waals surface area contributed by atoms with E-state index in [1.807, 2.05) is 57.2 Å². The van der Waals surface area contributed by atoms with E-state index in [-0.39, 0.29) is 24.7 Å². The van der Waals surface area contributed by atoms with Gasteiger partial charge >= 0.3 is 5.97 Å². The van der Waals surface area contributed by atoms with E-state index in [1.165, 1.54) is 12.3 Å². The minimum absolute atomic E-state index is 0.0101. The number of aryl methyl sites for hydroxylation is 1. The molecular formula is C27H30ClNO5. The van der Waals surface area contributed by atoms with Crippen LogP contribution in [0.4, 0.5) is 0 Å². The van der Waals surface area contributed by atoms with E-state index < -0.39 is 17.4 Å². The summed E-state index contributed by atoms with van der Waals surface area (Å²) < 4.78 is 13.0. The average Bonchev–Trinajstić information content (AvgIpc) is 2.81. The second-order valence-corrected chi connectivity index (χ2v) is 8.84. The fourth-order valence-electron chi connectivity index (χ4n) is 3.73. The molecule has 0 radical (unpaired) electrons. The Hall–Kier alpha value is -3.09. The molecule has 0 aliphatic rings. The van der Waals surface area contributed by atoms with Crippen molar-refractivity contribution in [1.29, 1.82) is 0 Å². The molecule has 6 nitrogen and oxygen atoms in total. The highest BCUT2D eigenvalue weighted by Crippen LogP contribution is 2.37. The van der Waals surface area contributed by atoms with Crippen molar-refractivity contribution in [3.8, 4) is 17.0 Å². The number of esters is 1. The Kier molecular flexibility index (Phi) is 8.53. The summed E-state index contributed by atoms with van der Waals surface area (Å²) in [7, 11) is 0. The predicted octanol–water partition coefficient (Wildman–Crippen LogP) is 5.42. The zero-order chi connectivity index (χ0) is 24.8. The predicted molar refractivity (Wildman–Crippen MR) is 134 cm³/mol. The van der Waals surface area contributed by atoms with Crippen LogP contribution in [0, 0.1) is 12.8 Å². The second kappa shape index (κ2) is 11.4. The van der Waals surface area contributed by atoms with Crippen LogP contribution >= 0.6 is 11.6 Å². The van der Waals surface area contributed by atoms with Gasteiger partial charge in [-0.3, -0.25) is 4.79 Å². The molecule has 7 heteroatoms. The van der Waals surface area contributed by atoms with Gasteiger partial charge in [-0.05, 0) is 43.0 Å². The van der Waals surface area contributed by atoms with E-state index in [9.17, 15) is 14.7 Å². The molecule has 3 rings (SSSR count). The summed E-state index contributed by atoms with van der Waals surface area (Å²) in [5.74, 6) is -0.144. The highest BCUT2D eigenvalue weighted by molar-refractivity contribution is 6.31. The third-order valence-corrected chi connectivity index (χ3v) is 6.07. The fourth-order valence-corrected chi connectivity index (χ4v) is 3.90. The van der Waals surface area contributed by atoms with E-state index in [1.54, 1.807) is 17.6 Å². The second-order valence-electron chi connectivity index (χ2n) is 8.43. The first-order valence-electron chi connectivity index (χ1n) is 11.3. The number of aliphatic hydroxyl groups is 1. The third-order valence-electron chi connectivity index (χ3n) is 5.66. The van der Waals surface area contributed by atoms with Crippen molar-refractivity contribution in [1.82, 2.24) is 4.57 Å². The maximum Gasteiger partial charge on any atom is 0.343 e. The first kappa shape index (κ1) is 25.5. The molecule has 34 heavy (non-hydrogen) atoms. The summed E-state index contributed by atoms with van der Waals surface area (Å²) in [5.41, 5.74) is 2.35. The van der Waals surface area contributed by atoms with Gasteiger partial charge in [0.25, 0.3) is 0 Å². The average molecular weight is 484 g/mol. The molecule has 0 spiro atoms. The van der Waals surface area contributed by atoms with Crippen LogP contribution in [-0.4, -0.2) is 28.9 Å². The van der Waals surface area contributed by atoms with E-state index in [0.29, 0.717) is 28.6 Å². The Morgan fingerprint density at radius 1 is 1.15 bits per heavy atom. The lowest BCUT2D eigenvalue weighted by Gasteiger charge is -2.27. The number of benzene rings is 2. The molecule has 1 atom stereocenters. The molecule has 0 aliphatic heterocycles. The Labute approximate surface area is 204 Å². The van der Waals surface area contributed by atoms with Gasteiger partial charge in [0.05, 0.1) is 24.9 Å². The zero-order valence-electron chi connectivity index (χ0n) is 19.9. The number of pyridine rings is 1. The lowest BCUT2D eigenvalue weighted by molar-refractivity contribution is 0.0523. The van der Waals surface area contributed by atoms with Crippen molar-refractivity contribution < 1.29 is 19.4 Å². The first-order valence-corrected chi connectivity index (χ1v) is 11.7. The normalized spacial score (nSPS) is 12.0. The Balaban J connectivity index is 2.20. The van der Waals surface area contributed by atoms with Crippen LogP contribution in [0.2, 0.25) is 5.02 Å². The van der Waals surface area contributed by atoms with Gasteiger partial charge in [-0.1, -0.05) is 55.8 Å². The summed E-state index contributed by atoms with van der Waals surface area (Å²) in [6, 6.07) is 14.3. The molecule has 0 fully saturated rings. The fraction of sp³-hybridized carbons (Fsp3) is 0.333. The lowest BCUT2D eigenvalue weighted by Crippen LogP contribution is -2.26. The highest BCUT2D eigenvalue weighted by Gasteiger charge is 2.24. The third kappa shape index (κ3) is 5.69. The number of rotatable bonds is 9. The smallest absolute Gasteiger partial charge is 0.343 e. The van der Waals surface area contributed by atoms with Crippen LogP contribution in [0.15, 0.2) is 59.5 Å². The maximum absolute atomic E-state index is 13.0. The van der Waals surface area contributed by atoms with Crippen molar-refractivity contribution in [2.24, 2.45) is 5.92 Å². The minimum atomic E-state index is -0.698. The van der Waals surface area contributed by atoms with E-state index in [4.69, 9.17) is 21.1 Å². The number of aliphatic hydroxyl groups excluding tert-OH is 1. The van der Waals surface area contributed by atoms with Crippen LogP contribution in [-0.2, 0) is 11.3 Å². The molecule has 0 bridgehead atoms. The van der Waals surface area contributed by atoms with Gasteiger partial charge < -0.3 is 19.1 Å². The van der Waals surface area contributed by atoms with E-state index in [2.05, 4.69) is 0 Å². The summed E-state index contributed by atoms with van der Waals surface area (Å²) >= 11 is 6.48. The number of aromatic nitrogens is 1. The Morgan fingerprint density at radius 3 is 2.47 bits per heavy atom. The number of carbonyl (C=O) groups excluding carboxylic acids is 1.